The quantitative estimate of drug-likeness (QED) is 0.183. The highest BCUT2D eigenvalue weighted by Gasteiger charge is 2.30. The number of fused-ring (bicyclic) bond motifs is 1. The van der Waals surface area contributed by atoms with Crippen molar-refractivity contribution in [3.8, 4) is 0 Å². The molecule has 0 aromatic carbocycles. The second-order valence-electron chi connectivity index (χ2n) is 13.1. The summed E-state index contributed by atoms with van der Waals surface area (Å²) in [5.41, 5.74) is 7.66. The lowest BCUT2D eigenvalue weighted by Crippen LogP contribution is -2.30. The van der Waals surface area contributed by atoms with Crippen LogP contribution in [-0.4, -0.2) is 56.9 Å². The Kier molecular flexibility index (Phi) is 13.5. The molecule has 0 aromatic heterocycles. The molecule has 0 radical (unpaired) electrons. The fourth-order valence-electron chi connectivity index (χ4n) is 7.37. The summed E-state index contributed by atoms with van der Waals surface area (Å²) in [4.78, 5) is 2.61. The van der Waals surface area contributed by atoms with E-state index in [1.165, 1.54) is 93.2 Å². The maximum atomic E-state index is 6.45. The van der Waals surface area contributed by atoms with E-state index in [4.69, 9.17) is 9.47 Å². The Bertz CT molecular complexity index is 1100. The normalized spacial score (nSPS) is 24.6. The fraction of sp³-hybridized carbons (Fsp3) is 0.641. The van der Waals surface area contributed by atoms with E-state index in [9.17, 15) is 0 Å². The molecule has 2 unspecified atom stereocenters. The average Bonchev–Trinajstić information content (AvgIpc) is 3.33. The Hall–Kier alpha value is -2.14. The van der Waals surface area contributed by atoms with E-state index in [2.05, 4.69) is 65.7 Å². The predicted molar refractivity (Wildman–Crippen MR) is 181 cm³/mol. The molecule has 1 saturated heterocycles. The van der Waals surface area contributed by atoms with Gasteiger partial charge in [0, 0.05) is 25.4 Å². The summed E-state index contributed by atoms with van der Waals surface area (Å²) >= 11 is 0. The molecule has 0 aromatic rings. The van der Waals surface area contributed by atoms with Gasteiger partial charge in [0.05, 0.1) is 18.5 Å². The van der Waals surface area contributed by atoms with Crippen molar-refractivity contribution in [3.05, 3.63) is 82.2 Å². The van der Waals surface area contributed by atoms with Gasteiger partial charge >= 0.3 is 0 Å². The monoisotopic (exact) mass is 586 g/mol. The molecular weight excluding hydrogens is 528 g/mol. The number of allylic oxidation sites excluding steroid dienone is 12. The lowest BCUT2D eigenvalue weighted by molar-refractivity contribution is 0.0654. The lowest BCUT2D eigenvalue weighted by atomic mass is 9.71. The Labute approximate surface area is 262 Å². The first-order valence-corrected chi connectivity index (χ1v) is 17.9. The molecule has 4 aliphatic carbocycles. The van der Waals surface area contributed by atoms with Gasteiger partial charge in [-0.2, -0.15) is 0 Å². The van der Waals surface area contributed by atoms with Crippen LogP contribution in [0.5, 0.6) is 0 Å². The molecule has 5 rings (SSSR count). The molecule has 0 spiro atoms. The summed E-state index contributed by atoms with van der Waals surface area (Å²) in [5.74, 6) is 1.65. The molecule has 2 atom stereocenters. The van der Waals surface area contributed by atoms with Gasteiger partial charge in [0.1, 0.15) is 6.61 Å². The van der Waals surface area contributed by atoms with Gasteiger partial charge < -0.3 is 19.7 Å². The first-order chi connectivity index (χ1) is 21.3. The number of ether oxygens (including phenoxy) is 2. The third kappa shape index (κ3) is 9.93. The molecule has 1 heterocycles. The van der Waals surface area contributed by atoms with Crippen LogP contribution >= 0.6 is 0 Å². The maximum absolute atomic E-state index is 6.45. The van der Waals surface area contributed by atoms with Gasteiger partial charge in [-0.05, 0) is 99.4 Å². The number of likely N-dealkylation sites (tertiary alicyclic amines) is 1. The van der Waals surface area contributed by atoms with Crippen LogP contribution in [0.4, 0.5) is 0 Å². The van der Waals surface area contributed by atoms with Crippen molar-refractivity contribution in [1.82, 2.24) is 10.2 Å². The minimum absolute atomic E-state index is 0.219. The van der Waals surface area contributed by atoms with Gasteiger partial charge in [0.25, 0.3) is 0 Å². The van der Waals surface area contributed by atoms with Crippen molar-refractivity contribution in [2.75, 3.05) is 45.9 Å². The standard InChI is InChI=1S/C39H58N2O2/c1-2-3-4-5-11-24-40-25-29-42-35-19-16-33(17-20-35)39-37(32-14-9-8-10-15-32)22-18-34-31-36(21-23-38(34)39)43-30-28-41-26-12-6-7-13-27-41/h8-10,14,16,19,23,31-32,36,40H,2-7,11-13,15,17-18,20-22,24-30H2,1H3. The number of hydrogen-bond donors (Lipinski definition) is 1. The van der Waals surface area contributed by atoms with Gasteiger partial charge in [-0.1, -0.05) is 93.6 Å². The molecule has 236 valence electrons. The van der Waals surface area contributed by atoms with E-state index in [1.807, 2.05) is 0 Å². The van der Waals surface area contributed by atoms with Crippen LogP contribution in [0.25, 0.3) is 0 Å². The van der Waals surface area contributed by atoms with Crippen LogP contribution in [0.3, 0.4) is 0 Å². The zero-order valence-electron chi connectivity index (χ0n) is 27.1. The second-order valence-corrected chi connectivity index (χ2v) is 13.1. The summed E-state index contributed by atoms with van der Waals surface area (Å²) in [6.45, 7) is 9.47. The summed E-state index contributed by atoms with van der Waals surface area (Å²) in [6, 6.07) is 0. The molecule has 1 aliphatic heterocycles. The molecule has 1 fully saturated rings. The molecule has 5 aliphatic rings. The summed E-state index contributed by atoms with van der Waals surface area (Å²) in [5, 5.41) is 3.56. The van der Waals surface area contributed by atoms with Gasteiger partial charge in [-0.3, -0.25) is 0 Å². The van der Waals surface area contributed by atoms with Crippen LogP contribution in [0.2, 0.25) is 0 Å². The van der Waals surface area contributed by atoms with Crippen molar-refractivity contribution >= 4 is 0 Å². The van der Waals surface area contributed by atoms with Crippen molar-refractivity contribution in [2.24, 2.45) is 5.92 Å². The van der Waals surface area contributed by atoms with E-state index in [1.54, 1.807) is 5.57 Å². The second kappa shape index (κ2) is 18.0. The molecule has 0 saturated carbocycles. The highest BCUT2D eigenvalue weighted by molar-refractivity contribution is 5.63. The smallest absolute Gasteiger partial charge is 0.100 e. The third-order valence-electron chi connectivity index (χ3n) is 9.86. The van der Waals surface area contributed by atoms with Crippen LogP contribution in [0.1, 0.15) is 103 Å². The van der Waals surface area contributed by atoms with Crippen molar-refractivity contribution in [2.45, 2.75) is 109 Å². The van der Waals surface area contributed by atoms with Crippen LogP contribution < -0.4 is 5.32 Å². The molecule has 4 heteroatoms. The molecule has 43 heavy (non-hydrogen) atoms. The van der Waals surface area contributed by atoms with Crippen molar-refractivity contribution < 1.29 is 9.47 Å². The van der Waals surface area contributed by atoms with Crippen LogP contribution in [0.15, 0.2) is 82.2 Å². The maximum Gasteiger partial charge on any atom is 0.100 e. The zero-order valence-corrected chi connectivity index (χ0v) is 27.1. The Balaban J connectivity index is 1.18. The topological polar surface area (TPSA) is 33.7 Å². The lowest BCUT2D eigenvalue weighted by Gasteiger charge is -2.34. The van der Waals surface area contributed by atoms with Gasteiger partial charge in [0.15, 0.2) is 0 Å². The van der Waals surface area contributed by atoms with Crippen molar-refractivity contribution in [3.63, 3.8) is 0 Å². The van der Waals surface area contributed by atoms with E-state index in [0.29, 0.717) is 5.92 Å². The summed E-state index contributed by atoms with van der Waals surface area (Å²) < 4.78 is 12.6. The number of unbranched alkanes of at least 4 members (excludes halogenated alkanes) is 4. The fourth-order valence-corrected chi connectivity index (χ4v) is 7.37. The van der Waals surface area contributed by atoms with E-state index in [-0.39, 0.29) is 6.10 Å². The third-order valence-corrected chi connectivity index (χ3v) is 9.86. The number of nitrogens with one attached hydrogen (secondary N) is 1. The number of nitrogens with zero attached hydrogens (tertiary/aromatic N) is 1. The molecule has 4 nitrogen and oxygen atoms in total. The minimum Gasteiger partial charge on any atom is -0.497 e. The van der Waals surface area contributed by atoms with E-state index >= 15 is 0 Å². The van der Waals surface area contributed by atoms with E-state index in [0.717, 1.165) is 77.1 Å². The Morgan fingerprint density at radius 3 is 2.49 bits per heavy atom. The SMILES string of the molecule is CCCCCCCNCCOC1=CC=C(C2=C(C3C=CC=CC3)CCC3=CC(OCCN4CCCCCC4)CC=C32)CC1. The van der Waals surface area contributed by atoms with Crippen LogP contribution in [0, 0.1) is 5.92 Å². The number of rotatable bonds is 16. The first-order valence-electron chi connectivity index (χ1n) is 17.9. The first kappa shape index (κ1) is 32.3. The van der Waals surface area contributed by atoms with E-state index < -0.39 is 0 Å². The number of hydrogen-bond acceptors (Lipinski definition) is 4. The van der Waals surface area contributed by atoms with Gasteiger partial charge in [0.2, 0.25) is 0 Å². The van der Waals surface area contributed by atoms with Crippen LogP contribution in [-0.2, 0) is 9.47 Å². The molecule has 0 bridgehead atoms. The summed E-state index contributed by atoms with van der Waals surface area (Å²) in [6.07, 6.45) is 37.6. The zero-order chi connectivity index (χ0) is 29.5. The van der Waals surface area contributed by atoms with Crippen molar-refractivity contribution in [1.29, 1.82) is 0 Å². The highest BCUT2D eigenvalue weighted by atomic mass is 16.5. The van der Waals surface area contributed by atoms with Gasteiger partial charge in [-0.15, -0.1) is 0 Å². The molecule has 1 N–H and O–H groups in total. The largest absolute Gasteiger partial charge is 0.497 e. The molecular formula is C39H58N2O2. The highest BCUT2D eigenvalue weighted by Crippen LogP contribution is 2.46. The minimum atomic E-state index is 0.219. The molecule has 0 amide bonds. The predicted octanol–water partition coefficient (Wildman–Crippen LogP) is 8.91. The average molecular weight is 587 g/mol. The van der Waals surface area contributed by atoms with Gasteiger partial charge in [-0.25, -0.2) is 0 Å². The Morgan fingerprint density at radius 2 is 1.70 bits per heavy atom. The summed E-state index contributed by atoms with van der Waals surface area (Å²) in [7, 11) is 0. The Morgan fingerprint density at radius 1 is 0.837 bits per heavy atom.